The smallest absolute Gasteiger partial charge is 0.267 e. The predicted octanol–water partition coefficient (Wildman–Crippen LogP) is 3.74. The molecular weight excluding hydrogens is 354 g/mol. The highest BCUT2D eigenvalue weighted by atomic mass is 16.5. The van der Waals surface area contributed by atoms with Gasteiger partial charge >= 0.3 is 0 Å². The van der Waals surface area contributed by atoms with Crippen molar-refractivity contribution >= 4 is 11.6 Å². The fourth-order valence-electron chi connectivity index (χ4n) is 2.82. The molecule has 0 radical (unpaired) electrons. The van der Waals surface area contributed by atoms with Crippen molar-refractivity contribution < 1.29 is 9.53 Å². The summed E-state index contributed by atoms with van der Waals surface area (Å²) in [6.45, 7) is 5.71. The molecule has 0 aliphatic rings. The van der Waals surface area contributed by atoms with Crippen LogP contribution in [0.3, 0.4) is 0 Å². The van der Waals surface area contributed by atoms with Crippen molar-refractivity contribution in [2.24, 2.45) is 0 Å². The molecule has 1 amide bonds. The Hall–Kier alpha value is -3.41. The Labute approximate surface area is 163 Å². The van der Waals surface area contributed by atoms with Gasteiger partial charge in [0.2, 0.25) is 5.91 Å². The third kappa shape index (κ3) is 4.11. The molecule has 1 N–H and O–H groups in total. The van der Waals surface area contributed by atoms with Crippen LogP contribution in [-0.4, -0.2) is 22.8 Å². The third-order valence-corrected chi connectivity index (χ3v) is 4.71. The van der Waals surface area contributed by atoms with Gasteiger partial charge in [0.1, 0.15) is 11.8 Å². The molecule has 0 fully saturated rings. The molecule has 0 aliphatic carbocycles. The third-order valence-electron chi connectivity index (χ3n) is 4.71. The van der Waals surface area contributed by atoms with Crippen molar-refractivity contribution in [2.75, 3.05) is 12.4 Å². The van der Waals surface area contributed by atoms with Crippen LogP contribution in [0.15, 0.2) is 59.4 Å². The Bertz CT molecular complexity index is 1070. The van der Waals surface area contributed by atoms with Crippen LogP contribution in [0.1, 0.15) is 24.1 Å². The maximum absolute atomic E-state index is 12.7. The van der Waals surface area contributed by atoms with E-state index in [1.54, 1.807) is 44.4 Å². The van der Waals surface area contributed by atoms with Crippen molar-refractivity contribution in [1.29, 1.82) is 0 Å². The number of aromatic nitrogens is 2. The van der Waals surface area contributed by atoms with Crippen LogP contribution in [0.5, 0.6) is 5.75 Å². The minimum Gasteiger partial charge on any atom is -0.497 e. The minimum atomic E-state index is -0.773. The molecule has 1 atom stereocenters. The Kier molecular flexibility index (Phi) is 5.59. The van der Waals surface area contributed by atoms with Crippen LogP contribution in [-0.2, 0) is 4.79 Å². The normalized spacial score (nSPS) is 11.7. The first-order valence-electron chi connectivity index (χ1n) is 9.01. The van der Waals surface area contributed by atoms with Gasteiger partial charge < -0.3 is 10.1 Å². The topological polar surface area (TPSA) is 73.2 Å². The van der Waals surface area contributed by atoms with Crippen LogP contribution in [0, 0.1) is 13.8 Å². The second-order valence-corrected chi connectivity index (χ2v) is 6.70. The zero-order valence-corrected chi connectivity index (χ0v) is 16.4. The van der Waals surface area contributed by atoms with E-state index in [-0.39, 0.29) is 11.5 Å². The first-order chi connectivity index (χ1) is 13.4. The first kappa shape index (κ1) is 19.4. The van der Waals surface area contributed by atoms with E-state index < -0.39 is 6.04 Å². The number of aryl methyl sites for hydroxylation is 2. The van der Waals surface area contributed by atoms with Gasteiger partial charge in [-0.3, -0.25) is 9.59 Å². The van der Waals surface area contributed by atoms with E-state index in [0.29, 0.717) is 17.1 Å². The number of amides is 1. The second-order valence-electron chi connectivity index (χ2n) is 6.70. The van der Waals surface area contributed by atoms with Gasteiger partial charge in [-0.05, 0) is 56.2 Å². The lowest BCUT2D eigenvalue weighted by Gasteiger charge is -2.15. The van der Waals surface area contributed by atoms with Gasteiger partial charge in [-0.25, -0.2) is 4.68 Å². The maximum Gasteiger partial charge on any atom is 0.267 e. The molecule has 2 aromatic carbocycles. The van der Waals surface area contributed by atoms with Gasteiger partial charge in [-0.1, -0.05) is 18.2 Å². The molecule has 6 heteroatoms. The average Bonchev–Trinajstić information content (AvgIpc) is 2.70. The van der Waals surface area contributed by atoms with Gasteiger partial charge in [0.15, 0.2) is 0 Å². The molecule has 0 aliphatic heterocycles. The number of hydrogen-bond acceptors (Lipinski definition) is 4. The molecule has 0 saturated carbocycles. The standard InChI is InChI=1S/C22H23N3O3/c1-14-8-9-17(12-15(14)2)20-10-11-21(26)25(24-20)16(3)22(27)23-18-6-5-7-19(13-18)28-4/h5-13,16H,1-4H3,(H,23,27). The summed E-state index contributed by atoms with van der Waals surface area (Å²) in [5.74, 6) is 0.303. The van der Waals surface area contributed by atoms with Crippen molar-refractivity contribution in [3.8, 4) is 17.0 Å². The van der Waals surface area contributed by atoms with Gasteiger partial charge in [-0.2, -0.15) is 5.10 Å². The van der Waals surface area contributed by atoms with E-state index in [2.05, 4.69) is 10.4 Å². The fraction of sp³-hybridized carbons (Fsp3) is 0.227. The Morgan fingerprint density at radius 3 is 2.57 bits per heavy atom. The van der Waals surface area contributed by atoms with Crippen LogP contribution < -0.4 is 15.6 Å². The highest BCUT2D eigenvalue weighted by Crippen LogP contribution is 2.21. The minimum absolute atomic E-state index is 0.333. The van der Waals surface area contributed by atoms with Gasteiger partial charge in [-0.15, -0.1) is 0 Å². The summed E-state index contributed by atoms with van der Waals surface area (Å²) in [4.78, 5) is 25.0. The summed E-state index contributed by atoms with van der Waals surface area (Å²) in [7, 11) is 1.56. The summed E-state index contributed by atoms with van der Waals surface area (Å²) in [5.41, 5.74) is 4.13. The Morgan fingerprint density at radius 2 is 1.86 bits per heavy atom. The molecule has 1 heterocycles. The highest BCUT2D eigenvalue weighted by Gasteiger charge is 2.18. The first-order valence-corrected chi connectivity index (χ1v) is 9.01. The molecule has 144 valence electrons. The molecule has 0 saturated heterocycles. The Balaban J connectivity index is 1.88. The van der Waals surface area contributed by atoms with E-state index in [4.69, 9.17) is 4.74 Å². The molecule has 1 unspecified atom stereocenters. The number of hydrogen-bond donors (Lipinski definition) is 1. The second kappa shape index (κ2) is 8.08. The average molecular weight is 377 g/mol. The zero-order chi connectivity index (χ0) is 20.3. The summed E-state index contributed by atoms with van der Waals surface area (Å²) >= 11 is 0. The van der Waals surface area contributed by atoms with Gasteiger partial charge in [0.05, 0.1) is 12.8 Å². The van der Waals surface area contributed by atoms with E-state index in [9.17, 15) is 9.59 Å². The fourth-order valence-corrected chi connectivity index (χ4v) is 2.82. The molecule has 0 spiro atoms. The molecular formula is C22H23N3O3. The molecule has 28 heavy (non-hydrogen) atoms. The van der Waals surface area contributed by atoms with Crippen molar-refractivity contribution in [3.63, 3.8) is 0 Å². The number of carbonyl (C=O) groups is 1. The SMILES string of the molecule is COc1cccc(NC(=O)C(C)n2nc(-c3ccc(C)c(C)c3)ccc2=O)c1. The van der Waals surface area contributed by atoms with Crippen LogP contribution >= 0.6 is 0 Å². The summed E-state index contributed by atoms with van der Waals surface area (Å²) in [6.07, 6.45) is 0. The quantitative estimate of drug-likeness (QED) is 0.735. The van der Waals surface area contributed by atoms with Crippen molar-refractivity contribution in [3.05, 3.63) is 76.1 Å². The number of rotatable bonds is 5. The van der Waals surface area contributed by atoms with Gasteiger partial charge in [0, 0.05) is 23.4 Å². The number of ether oxygens (including phenoxy) is 1. The van der Waals surface area contributed by atoms with Crippen molar-refractivity contribution in [1.82, 2.24) is 9.78 Å². The molecule has 1 aromatic heterocycles. The Morgan fingerprint density at radius 1 is 1.07 bits per heavy atom. The van der Waals surface area contributed by atoms with E-state index in [1.165, 1.54) is 16.3 Å². The zero-order valence-electron chi connectivity index (χ0n) is 16.4. The number of methoxy groups -OCH3 is 1. The van der Waals surface area contributed by atoms with E-state index in [1.807, 2.05) is 32.0 Å². The largest absolute Gasteiger partial charge is 0.497 e. The van der Waals surface area contributed by atoms with E-state index in [0.717, 1.165) is 11.1 Å². The molecule has 3 rings (SSSR count). The van der Waals surface area contributed by atoms with Crippen LogP contribution in [0.4, 0.5) is 5.69 Å². The maximum atomic E-state index is 12.7. The molecule has 3 aromatic rings. The summed E-state index contributed by atoms with van der Waals surface area (Å²) in [6, 6.07) is 15.4. The van der Waals surface area contributed by atoms with Crippen LogP contribution in [0.25, 0.3) is 11.3 Å². The predicted molar refractivity (Wildman–Crippen MR) is 110 cm³/mol. The van der Waals surface area contributed by atoms with E-state index >= 15 is 0 Å². The highest BCUT2D eigenvalue weighted by molar-refractivity contribution is 5.93. The lowest BCUT2D eigenvalue weighted by molar-refractivity contribution is -0.119. The number of anilines is 1. The lowest BCUT2D eigenvalue weighted by Crippen LogP contribution is -2.33. The monoisotopic (exact) mass is 377 g/mol. The lowest BCUT2D eigenvalue weighted by atomic mass is 10.0. The number of nitrogens with one attached hydrogen (secondary N) is 1. The van der Waals surface area contributed by atoms with Crippen LogP contribution in [0.2, 0.25) is 0 Å². The number of benzene rings is 2. The molecule has 0 bridgehead atoms. The summed E-state index contributed by atoms with van der Waals surface area (Å²) < 4.78 is 6.37. The van der Waals surface area contributed by atoms with Gasteiger partial charge in [0.25, 0.3) is 5.56 Å². The number of carbonyl (C=O) groups excluding carboxylic acids is 1. The van der Waals surface area contributed by atoms with Crippen molar-refractivity contribution in [2.45, 2.75) is 26.8 Å². The number of nitrogens with zero attached hydrogens (tertiary/aromatic N) is 2. The molecule has 6 nitrogen and oxygen atoms in total. The summed E-state index contributed by atoms with van der Waals surface area (Å²) in [5, 5.41) is 7.23.